The van der Waals surface area contributed by atoms with Crippen molar-refractivity contribution in [3.05, 3.63) is 75.1 Å². The Morgan fingerprint density at radius 3 is 2.70 bits per heavy atom. The zero-order chi connectivity index (χ0) is 28.6. The van der Waals surface area contributed by atoms with E-state index >= 15 is 0 Å². The van der Waals surface area contributed by atoms with Crippen LogP contribution >= 0.6 is 11.3 Å². The molecule has 0 radical (unpaired) electrons. The minimum absolute atomic E-state index is 0.106. The fraction of sp³-hybridized carbons (Fsp3) is 0.357. The summed E-state index contributed by atoms with van der Waals surface area (Å²) in [6.07, 6.45) is -0.194. The van der Waals surface area contributed by atoms with Crippen molar-refractivity contribution in [2.75, 3.05) is 26.2 Å². The second kappa shape index (κ2) is 10.9. The molecule has 5 rings (SSSR count). The number of alkyl halides is 3. The van der Waals surface area contributed by atoms with E-state index in [1.807, 2.05) is 4.90 Å². The number of benzene rings is 1. The Morgan fingerprint density at radius 1 is 1.23 bits per heavy atom. The highest BCUT2D eigenvalue weighted by Gasteiger charge is 2.40. The molecule has 1 saturated heterocycles. The maximum Gasteiger partial charge on any atom is 0.433 e. The molecule has 8 nitrogen and oxygen atoms in total. The Hall–Kier alpha value is -3.95. The maximum atomic E-state index is 13.9. The number of hydrogen-bond acceptors (Lipinski definition) is 7. The lowest BCUT2D eigenvalue weighted by Gasteiger charge is -2.34. The topological polar surface area (TPSA) is 121 Å². The van der Waals surface area contributed by atoms with Gasteiger partial charge in [-0.05, 0) is 35.7 Å². The summed E-state index contributed by atoms with van der Waals surface area (Å²) in [5, 5.41) is 30.0. The summed E-state index contributed by atoms with van der Waals surface area (Å²) in [6, 6.07) is 9.95. The molecule has 3 atom stereocenters. The van der Waals surface area contributed by atoms with Gasteiger partial charge in [-0.3, -0.25) is 19.9 Å². The summed E-state index contributed by atoms with van der Waals surface area (Å²) in [5.41, 5.74) is -0.320. The molecular weight excluding hydrogens is 543 g/mol. The van der Waals surface area contributed by atoms with Gasteiger partial charge in [0, 0.05) is 54.3 Å². The smallest absolute Gasteiger partial charge is 0.433 e. The molecule has 0 saturated carbocycles. The van der Waals surface area contributed by atoms with Gasteiger partial charge in [-0.25, -0.2) is 0 Å². The van der Waals surface area contributed by atoms with E-state index in [0.29, 0.717) is 23.4 Å². The third-order valence-electron chi connectivity index (χ3n) is 7.63. The summed E-state index contributed by atoms with van der Waals surface area (Å²) in [5.74, 6) is -2.28. The van der Waals surface area contributed by atoms with Crippen molar-refractivity contribution in [1.29, 1.82) is 10.7 Å². The number of nitrogens with zero attached hydrogens (tertiary/aromatic N) is 3. The van der Waals surface area contributed by atoms with Gasteiger partial charge in [0.05, 0.1) is 12.5 Å². The van der Waals surface area contributed by atoms with Crippen molar-refractivity contribution in [2.45, 2.75) is 31.1 Å². The van der Waals surface area contributed by atoms with Crippen LogP contribution in [0.25, 0.3) is 5.57 Å². The van der Waals surface area contributed by atoms with E-state index in [2.05, 4.69) is 11.4 Å². The lowest BCUT2D eigenvalue weighted by Crippen LogP contribution is -2.40. The van der Waals surface area contributed by atoms with E-state index in [4.69, 9.17) is 5.41 Å². The van der Waals surface area contributed by atoms with Crippen molar-refractivity contribution >= 4 is 34.5 Å². The molecule has 3 aliphatic heterocycles. The number of rotatable bonds is 3. The third kappa shape index (κ3) is 5.39. The summed E-state index contributed by atoms with van der Waals surface area (Å²) >= 11 is 1.25. The number of allylic oxidation sites excluding steroid dienone is 1. The number of aliphatic carboxylic acids is 1. The van der Waals surface area contributed by atoms with Crippen LogP contribution < -0.4 is 5.32 Å². The normalized spacial score (nSPS) is 25.6. The first-order valence-corrected chi connectivity index (χ1v) is 13.5. The molecule has 12 heteroatoms. The molecule has 0 aliphatic carbocycles. The number of likely N-dealkylation sites (tertiary alicyclic amines) is 1. The fourth-order valence-corrected chi connectivity index (χ4v) is 6.62. The molecule has 1 amide bonds. The van der Waals surface area contributed by atoms with Crippen LogP contribution in [-0.4, -0.2) is 70.9 Å². The Balaban J connectivity index is 1.63. The molecule has 2 unspecified atom stereocenters. The number of nitriles is 1. The number of carboxylic acids is 1. The zero-order valence-corrected chi connectivity index (χ0v) is 22.1. The van der Waals surface area contributed by atoms with Gasteiger partial charge in [-0.15, -0.1) is 11.3 Å². The Kier molecular flexibility index (Phi) is 7.53. The molecule has 2 aromatic rings. The molecule has 0 spiro atoms. The van der Waals surface area contributed by atoms with E-state index in [0.717, 1.165) is 10.4 Å². The Bertz CT molecular complexity index is 1460. The Labute approximate surface area is 232 Å². The van der Waals surface area contributed by atoms with Crippen LogP contribution in [0, 0.1) is 22.7 Å². The number of hydrogen-bond donors (Lipinski definition) is 3. The van der Waals surface area contributed by atoms with Gasteiger partial charge in [0.2, 0.25) is 5.91 Å². The molecule has 1 aromatic carbocycles. The molecule has 2 bridgehead atoms. The van der Waals surface area contributed by atoms with Crippen LogP contribution in [0.5, 0.6) is 0 Å². The van der Waals surface area contributed by atoms with E-state index in [9.17, 15) is 33.1 Å². The number of carbonyl (C=O) groups excluding carboxylic acids is 1. The predicted octanol–water partition coefficient (Wildman–Crippen LogP) is 3.95. The van der Waals surface area contributed by atoms with Gasteiger partial charge in [0.1, 0.15) is 16.7 Å². The van der Waals surface area contributed by atoms with Crippen LogP contribution in [-0.2, 0) is 16.1 Å². The molecule has 40 heavy (non-hydrogen) atoms. The van der Waals surface area contributed by atoms with Crippen molar-refractivity contribution in [1.82, 2.24) is 15.1 Å². The first-order chi connectivity index (χ1) is 19.1. The molecule has 3 aliphatic rings. The van der Waals surface area contributed by atoms with Gasteiger partial charge < -0.3 is 15.3 Å². The van der Waals surface area contributed by atoms with E-state index < -0.39 is 35.7 Å². The summed E-state index contributed by atoms with van der Waals surface area (Å²) in [4.78, 5) is 29.7. The number of amides is 1. The molecule has 1 fully saturated rings. The minimum Gasteiger partial charge on any atom is -0.481 e. The molecule has 3 N–H and O–H groups in total. The second-order valence-corrected chi connectivity index (χ2v) is 11.2. The second-order valence-electron chi connectivity index (χ2n) is 10.0. The number of halogens is 3. The predicted molar refractivity (Wildman–Crippen MR) is 143 cm³/mol. The monoisotopic (exact) mass is 569 g/mol. The van der Waals surface area contributed by atoms with Crippen LogP contribution in [0.15, 0.2) is 48.7 Å². The SMILES string of the molecule is N#Cc1cc2c(s1)CN1C[C@H]2c2ccccc2/C(C(=N)C(F)(F)F)=C/NCC(N2CCC(C(=O)O)C2)/C=C/C1=O. The number of thiophene rings is 1. The van der Waals surface area contributed by atoms with Gasteiger partial charge in [-0.2, -0.15) is 18.4 Å². The lowest BCUT2D eigenvalue weighted by atomic mass is 9.83. The van der Waals surface area contributed by atoms with Crippen LogP contribution in [0.2, 0.25) is 0 Å². The molecule has 208 valence electrons. The average Bonchev–Trinajstić information content (AvgIpc) is 3.58. The quantitative estimate of drug-likeness (QED) is 0.482. The number of carboxylic acid groups (broad SMARTS) is 1. The maximum absolute atomic E-state index is 13.9. The first kappa shape index (κ1) is 27.6. The van der Waals surface area contributed by atoms with E-state index in [1.165, 1.54) is 29.7 Å². The van der Waals surface area contributed by atoms with Gasteiger partial charge in [0.15, 0.2) is 0 Å². The van der Waals surface area contributed by atoms with Crippen LogP contribution in [0.4, 0.5) is 13.2 Å². The summed E-state index contributed by atoms with van der Waals surface area (Å²) < 4.78 is 41.8. The Morgan fingerprint density at radius 2 is 2.00 bits per heavy atom. The van der Waals surface area contributed by atoms with Crippen molar-refractivity contribution in [3.8, 4) is 6.07 Å². The van der Waals surface area contributed by atoms with Crippen molar-refractivity contribution < 1.29 is 27.9 Å². The molecule has 1 aromatic heterocycles. The van der Waals surface area contributed by atoms with E-state index in [-0.39, 0.29) is 43.2 Å². The fourth-order valence-electron chi connectivity index (χ4n) is 5.58. The highest BCUT2D eigenvalue weighted by atomic mass is 32.1. The number of carbonyl (C=O) groups is 2. The number of nitrogens with one attached hydrogen (secondary N) is 2. The lowest BCUT2D eigenvalue weighted by molar-refractivity contribution is -0.141. The molecule has 4 heterocycles. The van der Waals surface area contributed by atoms with E-state index in [1.54, 1.807) is 35.2 Å². The van der Waals surface area contributed by atoms with Gasteiger partial charge in [-0.1, -0.05) is 30.3 Å². The highest BCUT2D eigenvalue weighted by Crippen LogP contribution is 2.41. The molecular formula is C28H26F3N5O3S. The van der Waals surface area contributed by atoms with Crippen LogP contribution in [0.3, 0.4) is 0 Å². The largest absolute Gasteiger partial charge is 0.481 e. The summed E-state index contributed by atoms with van der Waals surface area (Å²) in [7, 11) is 0. The summed E-state index contributed by atoms with van der Waals surface area (Å²) in [6.45, 7) is 1.26. The van der Waals surface area contributed by atoms with Gasteiger partial charge in [0.25, 0.3) is 0 Å². The van der Waals surface area contributed by atoms with Crippen LogP contribution in [0.1, 0.15) is 38.8 Å². The third-order valence-corrected chi connectivity index (χ3v) is 8.67. The van der Waals surface area contributed by atoms with Crippen molar-refractivity contribution in [2.24, 2.45) is 5.92 Å². The minimum atomic E-state index is -4.91. The average molecular weight is 570 g/mol. The highest BCUT2D eigenvalue weighted by molar-refractivity contribution is 7.12. The zero-order valence-electron chi connectivity index (χ0n) is 21.2. The standard InChI is InChI=1S/C28H26F3N5O3S/c29-28(30,31)26(33)22-12-34-11-17(35-8-7-16(13-35)27(38)39)5-6-25(37)36-14-23(20-4-2-1-3-19(20)22)21-9-18(10-32)40-24(21)15-36/h1-6,9,12,16-17,23,33-34H,7-8,11,13-15H2,(H,38,39)/b6-5+,22-12-,33-26?/t16?,17?,23-/m0/s1. The first-order valence-electron chi connectivity index (χ1n) is 12.7. The number of fused-ring (bicyclic) bond motifs is 6. The van der Waals surface area contributed by atoms with Crippen molar-refractivity contribution in [3.63, 3.8) is 0 Å². The van der Waals surface area contributed by atoms with Gasteiger partial charge >= 0.3 is 12.1 Å².